The molecule has 5 rings (SSSR count). The van der Waals surface area contributed by atoms with Crippen LogP contribution in [-0.4, -0.2) is 28.0 Å². The lowest BCUT2D eigenvalue weighted by molar-refractivity contribution is -0.115. The number of rotatable bonds is 10. The van der Waals surface area contributed by atoms with Crippen molar-refractivity contribution in [3.8, 4) is 11.3 Å². The van der Waals surface area contributed by atoms with Crippen LogP contribution < -0.4 is 16.0 Å². The molecule has 3 N–H and O–H groups in total. The van der Waals surface area contributed by atoms with Crippen LogP contribution >= 0.6 is 39.0 Å². The number of nitrogens with zero attached hydrogens (tertiary/aromatic N) is 1. The average molecular weight is 698 g/mol. The smallest absolute Gasteiger partial charge is 0.272 e. The molecule has 226 valence electrons. The van der Waals surface area contributed by atoms with Gasteiger partial charge in [-0.05, 0) is 68.0 Å². The van der Waals surface area contributed by atoms with E-state index in [1.165, 1.54) is 23.1 Å². The number of aromatic nitrogens is 1. The number of thioether (sulfide) groups is 1. The summed E-state index contributed by atoms with van der Waals surface area (Å²) in [5, 5.41) is 10.6. The number of halogens is 1. The Hall–Kier alpha value is -4.51. The quantitative estimate of drug-likeness (QED) is 0.101. The van der Waals surface area contributed by atoms with Gasteiger partial charge in [-0.15, -0.1) is 23.1 Å². The second kappa shape index (κ2) is 15.0. The van der Waals surface area contributed by atoms with Crippen molar-refractivity contribution in [2.24, 2.45) is 0 Å². The number of carbonyl (C=O) groups is 3. The van der Waals surface area contributed by atoms with Gasteiger partial charge in [0.05, 0.1) is 10.9 Å². The topological polar surface area (TPSA) is 100 Å². The molecule has 0 saturated heterocycles. The van der Waals surface area contributed by atoms with E-state index >= 15 is 0 Å². The molecule has 0 bridgehead atoms. The van der Waals surface area contributed by atoms with Gasteiger partial charge in [0.1, 0.15) is 5.70 Å². The molecule has 1 atom stereocenters. The van der Waals surface area contributed by atoms with E-state index in [0.717, 1.165) is 31.8 Å². The molecule has 0 fully saturated rings. The molecule has 45 heavy (non-hydrogen) atoms. The van der Waals surface area contributed by atoms with Gasteiger partial charge in [-0.2, -0.15) is 0 Å². The highest BCUT2D eigenvalue weighted by molar-refractivity contribution is 9.10. The van der Waals surface area contributed by atoms with Gasteiger partial charge in [0.15, 0.2) is 5.13 Å². The monoisotopic (exact) mass is 696 g/mol. The molecule has 1 aromatic heterocycles. The first-order valence-electron chi connectivity index (χ1n) is 14.0. The number of aryl methyl sites for hydroxylation is 1. The maximum Gasteiger partial charge on any atom is 0.272 e. The lowest BCUT2D eigenvalue weighted by Crippen LogP contribution is -2.30. The Balaban J connectivity index is 1.25. The second-order valence-corrected chi connectivity index (χ2v) is 13.3. The summed E-state index contributed by atoms with van der Waals surface area (Å²) in [6.45, 7) is 3.80. The minimum atomic E-state index is -0.474. The number of hydrogen-bond acceptors (Lipinski definition) is 6. The number of hydrogen-bond donors (Lipinski definition) is 3. The normalized spacial score (nSPS) is 11.8. The third kappa shape index (κ3) is 9.01. The number of amides is 3. The first-order chi connectivity index (χ1) is 21.7. The first-order valence-corrected chi connectivity index (χ1v) is 16.5. The van der Waals surface area contributed by atoms with E-state index in [0.29, 0.717) is 16.4 Å². The lowest BCUT2D eigenvalue weighted by Gasteiger charge is -2.14. The molecular formula is C35H29BrN4O3S2. The Labute approximate surface area is 278 Å². The highest BCUT2D eigenvalue weighted by Crippen LogP contribution is 2.29. The van der Waals surface area contributed by atoms with Crippen LogP contribution in [0, 0.1) is 6.92 Å². The fourth-order valence-electron chi connectivity index (χ4n) is 4.17. The van der Waals surface area contributed by atoms with E-state index in [-0.39, 0.29) is 11.6 Å². The van der Waals surface area contributed by atoms with Crippen molar-refractivity contribution >= 4 is 73.6 Å². The SMILES string of the molecule is Cc1ccc(/C=C(\NC(=O)c2ccccc2)C(=O)Nc2cccc(SC(C)C(=O)Nc3nc(-c4ccc(Br)cc4)cs3)c2)cc1. The van der Waals surface area contributed by atoms with Gasteiger partial charge < -0.3 is 16.0 Å². The van der Waals surface area contributed by atoms with Gasteiger partial charge in [0, 0.05) is 31.6 Å². The van der Waals surface area contributed by atoms with Gasteiger partial charge in [-0.25, -0.2) is 4.98 Å². The zero-order valence-corrected chi connectivity index (χ0v) is 27.6. The summed E-state index contributed by atoms with van der Waals surface area (Å²) in [6, 6.07) is 31.4. The highest BCUT2D eigenvalue weighted by Gasteiger charge is 2.18. The number of anilines is 2. The van der Waals surface area contributed by atoms with E-state index < -0.39 is 17.1 Å². The van der Waals surface area contributed by atoms with Crippen molar-refractivity contribution < 1.29 is 14.4 Å². The van der Waals surface area contributed by atoms with E-state index in [9.17, 15) is 14.4 Å². The average Bonchev–Trinajstić information content (AvgIpc) is 3.51. The zero-order valence-electron chi connectivity index (χ0n) is 24.4. The Morgan fingerprint density at radius 3 is 2.36 bits per heavy atom. The third-order valence-corrected chi connectivity index (χ3v) is 8.95. The number of carbonyl (C=O) groups excluding carboxylic acids is 3. The molecule has 4 aromatic carbocycles. The van der Waals surface area contributed by atoms with Crippen LogP contribution in [0.25, 0.3) is 17.3 Å². The molecule has 10 heteroatoms. The largest absolute Gasteiger partial charge is 0.321 e. The molecule has 5 aromatic rings. The van der Waals surface area contributed by atoms with Crippen molar-refractivity contribution in [3.63, 3.8) is 0 Å². The standard InChI is InChI=1S/C35H29BrN4O3S2/c1-22-11-13-24(14-12-22)19-30(38-33(42)26-7-4-3-5-8-26)34(43)37-28-9-6-10-29(20-28)45-23(2)32(41)40-35-39-31(21-44-35)25-15-17-27(36)18-16-25/h3-21,23H,1-2H3,(H,37,43)(H,38,42)(H,39,40,41)/b30-19-. The van der Waals surface area contributed by atoms with Gasteiger partial charge >= 0.3 is 0 Å². The van der Waals surface area contributed by atoms with E-state index in [4.69, 9.17) is 0 Å². The molecule has 0 saturated carbocycles. The van der Waals surface area contributed by atoms with Crippen molar-refractivity contribution in [1.29, 1.82) is 0 Å². The molecule has 0 aliphatic heterocycles. The first kappa shape index (κ1) is 31.9. The summed E-state index contributed by atoms with van der Waals surface area (Å²) in [7, 11) is 0. The van der Waals surface area contributed by atoms with Crippen LogP contribution in [0.5, 0.6) is 0 Å². The summed E-state index contributed by atoms with van der Waals surface area (Å²) >= 11 is 6.17. The molecule has 3 amide bonds. The van der Waals surface area contributed by atoms with Crippen LogP contribution in [0.4, 0.5) is 10.8 Å². The molecule has 0 spiro atoms. The Kier molecular flexibility index (Phi) is 10.6. The Morgan fingerprint density at radius 1 is 0.889 bits per heavy atom. The number of thiazole rings is 1. The molecule has 1 unspecified atom stereocenters. The predicted octanol–water partition coefficient (Wildman–Crippen LogP) is 8.41. The van der Waals surface area contributed by atoms with Crippen molar-refractivity contribution in [2.75, 3.05) is 10.6 Å². The van der Waals surface area contributed by atoms with Gasteiger partial charge in [-0.1, -0.05) is 82.2 Å². The van der Waals surface area contributed by atoms with Crippen molar-refractivity contribution in [2.45, 2.75) is 24.0 Å². The summed E-state index contributed by atoms with van der Waals surface area (Å²) in [5.41, 5.74) is 4.68. The lowest BCUT2D eigenvalue weighted by atomic mass is 10.1. The van der Waals surface area contributed by atoms with E-state index in [1.54, 1.807) is 48.5 Å². The molecular weight excluding hydrogens is 668 g/mol. The third-order valence-electron chi connectivity index (χ3n) is 6.57. The fourth-order valence-corrected chi connectivity index (χ4v) is 6.08. The van der Waals surface area contributed by atoms with Crippen molar-refractivity contribution in [1.82, 2.24) is 10.3 Å². The van der Waals surface area contributed by atoms with E-state index in [1.807, 2.05) is 79.9 Å². The fraction of sp³-hybridized carbons (Fsp3) is 0.0857. The molecule has 0 aliphatic carbocycles. The minimum Gasteiger partial charge on any atom is -0.321 e. The van der Waals surface area contributed by atoms with Crippen LogP contribution in [0.3, 0.4) is 0 Å². The van der Waals surface area contributed by atoms with Crippen LogP contribution in [-0.2, 0) is 9.59 Å². The van der Waals surface area contributed by atoms with Gasteiger partial charge in [-0.3, -0.25) is 14.4 Å². The maximum atomic E-state index is 13.4. The number of nitrogens with one attached hydrogen (secondary N) is 3. The van der Waals surface area contributed by atoms with E-state index in [2.05, 4.69) is 36.9 Å². The maximum absolute atomic E-state index is 13.4. The predicted molar refractivity (Wildman–Crippen MR) is 187 cm³/mol. The molecule has 0 aliphatic rings. The van der Waals surface area contributed by atoms with Gasteiger partial charge in [0.2, 0.25) is 5.91 Å². The zero-order chi connectivity index (χ0) is 31.8. The Bertz CT molecular complexity index is 1840. The number of benzene rings is 4. The Morgan fingerprint density at radius 2 is 1.62 bits per heavy atom. The van der Waals surface area contributed by atoms with Crippen LogP contribution in [0.15, 0.2) is 124 Å². The highest BCUT2D eigenvalue weighted by atomic mass is 79.9. The summed E-state index contributed by atoms with van der Waals surface area (Å²) in [5.74, 6) is -1.05. The minimum absolute atomic E-state index is 0.101. The second-order valence-electron chi connectivity index (χ2n) is 10.1. The van der Waals surface area contributed by atoms with Gasteiger partial charge in [0.25, 0.3) is 11.8 Å². The molecule has 1 heterocycles. The van der Waals surface area contributed by atoms with Crippen LogP contribution in [0.1, 0.15) is 28.4 Å². The van der Waals surface area contributed by atoms with Crippen LogP contribution in [0.2, 0.25) is 0 Å². The summed E-state index contributed by atoms with van der Waals surface area (Å²) in [4.78, 5) is 44.7. The summed E-state index contributed by atoms with van der Waals surface area (Å²) in [6.07, 6.45) is 1.64. The van der Waals surface area contributed by atoms with Crippen molar-refractivity contribution in [3.05, 3.63) is 135 Å². The summed E-state index contributed by atoms with van der Waals surface area (Å²) < 4.78 is 0.985. The molecule has 7 nitrogen and oxygen atoms in total. The molecule has 0 radical (unpaired) electrons.